The van der Waals surface area contributed by atoms with Gasteiger partial charge in [0.1, 0.15) is 11.2 Å². The van der Waals surface area contributed by atoms with Crippen molar-refractivity contribution in [2.45, 2.75) is 0 Å². The molecule has 0 spiro atoms. The fourth-order valence-corrected chi connectivity index (χ4v) is 7.64. The van der Waals surface area contributed by atoms with Crippen LogP contribution in [-0.4, -0.2) is 0 Å². The molecule has 11 rings (SSSR count). The van der Waals surface area contributed by atoms with E-state index in [9.17, 15) is 6.85 Å². The Hall–Kier alpha value is -6.70. The van der Waals surface area contributed by atoms with Gasteiger partial charge in [-0.1, -0.05) is 163 Å². The third-order valence-corrected chi connectivity index (χ3v) is 9.79. The summed E-state index contributed by atoms with van der Waals surface area (Å²) in [7, 11) is 0. The number of hydrogen-bond acceptors (Lipinski definition) is 1. The second-order valence-electron chi connectivity index (χ2n) is 12.4. The van der Waals surface area contributed by atoms with Crippen molar-refractivity contribution in [2.75, 3.05) is 0 Å². The van der Waals surface area contributed by atoms with Gasteiger partial charge in [0.2, 0.25) is 0 Å². The quantitative estimate of drug-likeness (QED) is 0.172. The van der Waals surface area contributed by atoms with Gasteiger partial charge in [-0.05, 0) is 105 Å². The molecule has 0 atom stereocenters. The lowest BCUT2D eigenvalue weighted by molar-refractivity contribution is 0.669. The number of rotatable bonds is 3. The molecule has 1 heteroatoms. The van der Waals surface area contributed by atoms with Gasteiger partial charge in [-0.2, -0.15) is 0 Å². The normalized spacial score (nSPS) is 16.0. The van der Waals surface area contributed by atoms with Gasteiger partial charge in [0.05, 0.1) is 20.6 Å². The molecular weight excluding hydrogens is 617 g/mol. The number of benzene rings is 10. The van der Waals surface area contributed by atoms with E-state index in [1.807, 2.05) is 84.9 Å². The van der Waals surface area contributed by atoms with E-state index in [-0.39, 0.29) is 32.7 Å². The molecule has 0 amide bonds. The van der Waals surface area contributed by atoms with Gasteiger partial charge in [0.25, 0.3) is 0 Å². The van der Waals surface area contributed by atoms with Crippen LogP contribution >= 0.6 is 0 Å². The first-order valence-corrected chi connectivity index (χ1v) is 16.4. The molecule has 0 aliphatic carbocycles. The summed E-state index contributed by atoms with van der Waals surface area (Å²) in [5.41, 5.74) is 2.52. The Morgan fingerprint density at radius 1 is 0.353 bits per heavy atom. The highest BCUT2D eigenvalue weighted by atomic mass is 16.3. The number of fused-ring (bicyclic) bond motifs is 9. The standard InChI is InChI=1S/C50H30O/c1-3-16-35-31(12-1)14-10-23-38(35)48-42-20-7-5-18-40(42)47(41-19-6-8-21-43(41)48)34-27-26-33-15-9-22-37(44(33)30-34)39-24-11-25-45-50(39)49-36-17-4-2-13-32(36)28-29-46(49)51-45/h1-30H/i1D,3D,5D,6D,7D,8D,10D,12D,14D,16D,18D,19D,20D,21D,23D. The Kier molecular flexibility index (Phi) is 3.70. The highest BCUT2D eigenvalue weighted by Crippen LogP contribution is 2.47. The van der Waals surface area contributed by atoms with E-state index < -0.39 is 107 Å². The Labute approximate surface area is 315 Å². The zero-order valence-electron chi connectivity index (χ0n) is 41.6. The minimum Gasteiger partial charge on any atom is -0.456 e. The van der Waals surface area contributed by atoms with Crippen LogP contribution in [0.5, 0.6) is 0 Å². The average Bonchev–Trinajstić information content (AvgIpc) is 3.72. The van der Waals surface area contributed by atoms with Gasteiger partial charge < -0.3 is 4.42 Å². The molecule has 1 heterocycles. The van der Waals surface area contributed by atoms with Crippen LogP contribution in [0.15, 0.2) is 186 Å². The third kappa shape index (κ3) is 4.16. The van der Waals surface area contributed by atoms with E-state index in [2.05, 4.69) is 0 Å². The molecule has 0 fully saturated rings. The molecule has 0 aliphatic rings. The third-order valence-electron chi connectivity index (χ3n) is 9.79. The molecule has 11 aromatic rings. The van der Waals surface area contributed by atoms with E-state index in [0.717, 1.165) is 38.1 Å². The topological polar surface area (TPSA) is 13.1 Å². The Morgan fingerprint density at radius 2 is 0.961 bits per heavy atom. The van der Waals surface area contributed by atoms with Crippen LogP contribution in [0.1, 0.15) is 20.6 Å². The van der Waals surface area contributed by atoms with Crippen LogP contribution in [0.25, 0.3) is 109 Å². The minimum absolute atomic E-state index is 0.0263. The van der Waals surface area contributed by atoms with Crippen LogP contribution < -0.4 is 0 Å². The predicted molar refractivity (Wildman–Crippen MR) is 218 cm³/mol. The Morgan fingerprint density at radius 3 is 1.78 bits per heavy atom. The van der Waals surface area contributed by atoms with Crippen molar-refractivity contribution in [3.05, 3.63) is 182 Å². The largest absolute Gasteiger partial charge is 0.456 e. The smallest absolute Gasteiger partial charge is 0.136 e. The van der Waals surface area contributed by atoms with E-state index in [1.54, 1.807) is 6.07 Å². The summed E-state index contributed by atoms with van der Waals surface area (Å²) < 4.78 is 142. The van der Waals surface area contributed by atoms with Crippen LogP contribution in [-0.2, 0) is 0 Å². The zero-order valence-corrected chi connectivity index (χ0v) is 26.6. The fraction of sp³-hybridized carbons (Fsp3) is 0. The van der Waals surface area contributed by atoms with Crippen molar-refractivity contribution < 1.29 is 25.0 Å². The van der Waals surface area contributed by atoms with Gasteiger partial charge in [0.15, 0.2) is 0 Å². The molecule has 1 aromatic heterocycles. The number of furan rings is 1. The molecule has 51 heavy (non-hydrogen) atoms. The van der Waals surface area contributed by atoms with Crippen molar-refractivity contribution >= 4 is 75.8 Å². The molecule has 236 valence electrons. The Bertz CT molecular complexity index is 3970. The molecule has 0 bridgehead atoms. The summed E-state index contributed by atoms with van der Waals surface area (Å²) >= 11 is 0. The maximum Gasteiger partial charge on any atom is 0.136 e. The SMILES string of the molecule is [2H]c1c([2H])c([2H])c2c(-c3c4c([2H])c([2H])c([2H])c([2H])c4c(-c4ccc5cccc(-c6cccc7oc8ccc9ccccc9c8c67)c5c4)c4c([2H])c([2H])c([2H])c([2H])c34)c([2H])c([2H])c([2H])c2c1[2H]. The maximum atomic E-state index is 9.53. The van der Waals surface area contributed by atoms with Gasteiger partial charge in [0, 0.05) is 10.8 Å². The summed E-state index contributed by atoms with van der Waals surface area (Å²) in [4.78, 5) is 0. The zero-order chi connectivity index (χ0) is 46.5. The van der Waals surface area contributed by atoms with Crippen molar-refractivity contribution in [2.24, 2.45) is 0 Å². The average molecular weight is 662 g/mol. The van der Waals surface area contributed by atoms with E-state index >= 15 is 0 Å². The van der Waals surface area contributed by atoms with Crippen molar-refractivity contribution in [1.82, 2.24) is 0 Å². The first-order valence-electron chi connectivity index (χ1n) is 23.9. The van der Waals surface area contributed by atoms with Crippen LogP contribution in [0.4, 0.5) is 0 Å². The van der Waals surface area contributed by atoms with Crippen LogP contribution in [0.2, 0.25) is 0 Å². The molecule has 1 nitrogen and oxygen atoms in total. The predicted octanol–water partition coefficient (Wildman–Crippen LogP) is 14.4. The highest BCUT2D eigenvalue weighted by Gasteiger charge is 2.20. The van der Waals surface area contributed by atoms with E-state index in [0.29, 0.717) is 22.1 Å². The number of hydrogen-bond donors (Lipinski definition) is 0. The summed E-state index contributed by atoms with van der Waals surface area (Å²) in [5, 5.41) is 3.49. The fourth-order valence-electron chi connectivity index (χ4n) is 7.64. The van der Waals surface area contributed by atoms with Gasteiger partial charge >= 0.3 is 0 Å². The molecule has 10 aromatic carbocycles. The molecule has 0 radical (unpaired) electrons. The molecule has 0 saturated carbocycles. The van der Waals surface area contributed by atoms with Crippen molar-refractivity contribution in [3.63, 3.8) is 0 Å². The van der Waals surface area contributed by atoms with Crippen molar-refractivity contribution in [3.8, 4) is 33.4 Å². The second-order valence-corrected chi connectivity index (χ2v) is 12.4. The summed E-state index contributed by atoms with van der Waals surface area (Å²) in [6, 6.07) is 18.7. The molecule has 0 unspecified atom stereocenters. The lowest BCUT2D eigenvalue weighted by Crippen LogP contribution is -1.92. The van der Waals surface area contributed by atoms with Crippen molar-refractivity contribution in [1.29, 1.82) is 0 Å². The van der Waals surface area contributed by atoms with Crippen LogP contribution in [0.3, 0.4) is 0 Å². The summed E-state index contributed by atoms with van der Waals surface area (Å²) in [5.74, 6) is 0. The van der Waals surface area contributed by atoms with Gasteiger partial charge in [-0.25, -0.2) is 0 Å². The van der Waals surface area contributed by atoms with Crippen LogP contribution in [0, 0.1) is 0 Å². The first kappa shape index (κ1) is 17.3. The molecular formula is C50H30O. The van der Waals surface area contributed by atoms with Gasteiger partial charge in [-0.3, -0.25) is 0 Å². The Balaban J connectivity index is 1.35. The van der Waals surface area contributed by atoms with Gasteiger partial charge in [-0.15, -0.1) is 0 Å². The highest BCUT2D eigenvalue weighted by molar-refractivity contribution is 6.26. The summed E-state index contributed by atoms with van der Waals surface area (Å²) in [6.07, 6.45) is 0. The summed E-state index contributed by atoms with van der Waals surface area (Å²) in [6.45, 7) is 0. The molecule has 0 aliphatic heterocycles. The minimum atomic E-state index is -0.759. The molecule has 0 N–H and O–H groups in total. The van der Waals surface area contributed by atoms with E-state index in [4.69, 9.17) is 18.1 Å². The monoisotopic (exact) mass is 661 g/mol. The molecule has 0 saturated heterocycles. The van der Waals surface area contributed by atoms with E-state index in [1.165, 1.54) is 0 Å². The first-order chi connectivity index (χ1) is 31.5. The lowest BCUT2D eigenvalue weighted by atomic mass is 9.84. The maximum absolute atomic E-state index is 9.53. The lowest BCUT2D eigenvalue weighted by Gasteiger charge is -2.19. The second kappa shape index (κ2) is 10.9.